The van der Waals surface area contributed by atoms with Gasteiger partial charge in [-0.25, -0.2) is 0 Å². The van der Waals surface area contributed by atoms with Crippen LogP contribution in [0, 0.1) is 6.92 Å². The van der Waals surface area contributed by atoms with Gasteiger partial charge in [0.15, 0.2) is 0 Å². The van der Waals surface area contributed by atoms with Crippen LogP contribution in [0.25, 0.3) is 0 Å². The van der Waals surface area contributed by atoms with E-state index in [0.717, 1.165) is 23.1 Å². The van der Waals surface area contributed by atoms with Gasteiger partial charge in [0, 0.05) is 11.0 Å². The topological polar surface area (TPSA) is 29.9 Å². The second-order valence-corrected chi connectivity index (χ2v) is 6.09. The molecule has 5 heteroatoms. The third-order valence-corrected chi connectivity index (χ3v) is 4.53. The van der Waals surface area contributed by atoms with Gasteiger partial charge in [0.05, 0.1) is 23.0 Å². The molecule has 2 rings (SSSR count). The zero-order valence-corrected chi connectivity index (χ0v) is 14.3. The van der Waals surface area contributed by atoms with E-state index in [1.165, 1.54) is 11.1 Å². The van der Waals surface area contributed by atoms with Crippen LogP contribution in [0.4, 0.5) is 0 Å². The quantitative estimate of drug-likeness (QED) is 0.864. The molecule has 0 aliphatic rings. The van der Waals surface area contributed by atoms with Crippen molar-refractivity contribution in [2.75, 3.05) is 7.05 Å². The number of halogens is 2. The summed E-state index contributed by atoms with van der Waals surface area (Å²) >= 11 is 9.88. The van der Waals surface area contributed by atoms with E-state index < -0.39 is 0 Å². The largest absolute Gasteiger partial charge is 0.308 e. The van der Waals surface area contributed by atoms with Gasteiger partial charge in [-0.15, -0.1) is 0 Å². The number of nitrogens with one attached hydrogen (secondary N) is 1. The van der Waals surface area contributed by atoms with E-state index >= 15 is 0 Å². The summed E-state index contributed by atoms with van der Waals surface area (Å²) in [4.78, 5) is 0. The van der Waals surface area contributed by atoms with Crippen molar-refractivity contribution in [3.8, 4) is 0 Å². The molecule has 1 unspecified atom stereocenters. The van der Waals surface area contributed by atoms with Crippen LogP contribution in [-0.4, -0.2) is 16.8 Å². The second kappa shape index (κ2) is 6.74. The van der Waals surface area contributed by atoms with Gasteiger partial charge in [0.25, 0.3) is 0 Å². The number of hydrogen-bond donors (Lipinski definition) is 1. The molecule has 0 saturated carbocycles. The SMILES string of the molecule is CCCn1ncc(Cl)c1C(NC)c1ccc(Br)c(C)c1. The molecule has 1 aromatic heterocycles. The minimum Gasteiger partial charge on any atom is -0.308 e. The van der Waals surface area contributed by atoms with Crippen molar-refractivity contribution >= 4 is 27.5 Å². The Bertz CT molecular complexity index is 595. The zero-order valence-electron chi connectivity index (χ0n) is 12.0. The first kappa shape index (κ1) is 15.5. The molecule has 0 fully saturated rings. The van der Waals surface area contributed by atoms with Gasteiger partial charge in [-0.1, -0.05) is 46.6 Å². The van der Waals surface area contributed by atoms with Gasteiger partial charge < -0.3 is 5.32 Å². The summed E-state index contributed by atoms with van der Waals surface area (Å²) < 4.78 is 3.10. The van der Waals surface area contributed by atoms with E-state index in [2.05, 4.69) is 58.4 Å². The Hall–Kier alpha value is -0.840. The maximum Gasteiger partial charge on any atom is 0.0837 e. The van der Waals surface area contributed by atoms with Crippen molar-refractivity contribution in [3.63, 3.8) is 0 Å². The van der Waals surface area contributed by atoms with Crippen LogP contribution in [0.3, 0.4) is 0 Å². The van der Waals surface area contributed by atoms with Gasteiger partial charge in [0.2, 0.25) is 0 Å². The maximum atomic E-state index is 6.34. The van der Waals surface area contributed by atoms with Crippen LogP contribution in [0.1, 0.15) is 36.2 Å². The molecule has 0 aliphatic heterocycles. The molecule has 1 heterocycles. The van der Waals surface area contributed by atoms with Crippen LogP contribution in [0.5, 0.6) is 0 Å². The molecule has 1 atom stereocenters. The van der Waals surface area contributed by atoms with E-state index in [0.29, 0.717) is 5.02 Å². The van der Waals surface area contributed by atoms with E-state index in [1.54, 1.807) is 6.20 Å². The molecule has 0 bridgehead atoms. The van der Waals surface area contributed by atoms with E-state index in [4.69, 9.17) is 11.6 Å². The van der Waals surface area contributed by atoms with Crippen LogP contribution in [0.2, 0.25) is 5.02 Å². The first-order chi connectivity index (χ1) is 9.58. The molecule has 0 aliphatic carbocycles. The molecule has 1 aromatic carbocycles. The number of aromatic nitrogens is 2. The zero-order chi connectivity index (χ0) is 14.7. The third-order valence-electron chi connectivity index (χ3n) is 3.35. The minimum atomic E-state index is 0.0448. The monoisotopic (exact) mass is 355 g/mol. The van der Waals surface area contributed by atoms with Crippen molar-refractivity contribution in [2.24, 2.45) is 0 Å². The molecule has 0 spiro atoms. The number of benzene rings is 1. The lowest BCUT2D eigenvalue weighted by molar-refractivity contribution is 0.534. The highest BCUT2D eigenvalue weighted by molar-refractivity contribution is 9.10. The van der Waals surface area contributed by atoms with Crippen molar-refractivity contribution in [2.45, 2.75) is 32.9 Å². The summed E-state index contributed by atoms with van der Waals surface area (Å²) in [5, 5.41) is 8.43. The molecular formula is C15H19BrClN3. The lowest BCUT2D eigenvalue weighted by Gasteiger charge is -2.20. The molecular weight excluding hydrogens is 338 g/mol. The first-order valence-electron chi connectivity index (χ1n) is 6.73. The molecule has 0 amide bonds. The Balaban J connectivity index is 2.46. The fraction of sp³-hybridized carbons (Fsp3) is 0.400. The van der Waals surface area contributed by atoms with Crippen LogP contribution >= 0.6 is 27.5 Å². The highest BCUT2D eigenvalue weighted by Crippen LogP contribution is 2.30. The highest BCUT2D eigenvalue weighted by atomic mass is 79.9. The predicted octanol–water partition coefficient (Wildman–Crippen LogP) is 4.33. The average molecular weight is 357 g/mol. The number of nitrogens with zero attached hydrogens (tertiary/aromatic N) is 2. The van der Waals surface area contributed by atoms with Gasteiger partial charge in [-0.3, -0.25) is 4.68 Å². The Morgan fingerprint density at radius 2 is 2.20 bits per heavy atom. The predicted molar refractivity (Wildman–Crippen MR) is 87.3 cm³/mol. The van der Waals surface area contributed by atoms with Crippen molar-refractivity contribution in [3.05, 3.63) is 50.7 Å². The van der Waals surface area contributed by atoms with Gasteiger partial charge >= 0.3 is 0 Å². The second-order valence-electron chi connectivity index (χ2n) is 4.83. The Kier molecular flexibility index (Phi) is 5.24. The lowest BCUT2D eigenvalue weighted by atomic mass is 10.0. The molecule has 0 saturated heterocycles. The molecule has 2 aromatic rings. The number of rotatable bonds is 5. The summed E-state index contributed by atoms with van der Waals surface area (Å²) in [6.07, 6.45) is 2.75. The Labute approximate surface area is 133 Å². The van der Waals surface area contributed by atoms with Crippen molar-refractivity contribution in [1.29, 1.82) is 0 Å². The fourth-order valence-electron chi connectivity index (χ4n) is 2.36. The smallest absolute Gasteiger partial charge is 0.0837 e. The minimum absolute atomic E-state index is 0.0448. The van der Waals surface area contributed by atoms with Crippen LogP contribution < -0.4 is 5.32 Å². The van der Waals surface area contributed by atoms with Gasteiger partial charge in [0.1, 0.15) is 0 Å². The highest BCUT2D eigenvalue weighted by Gasteiger charge is 2.20. The molecule has 3 nitrogen and oxygen atoms in total. The van der Waals surface area contributed by atoms with Crippen LogP contribution in [-0.2, 0) is 6.54 Å². The van der Waals surface area contributed by atoms with Gasteiger partial charge in [-0.2, -0.15) is 5.10 Å². The summed E-state index contributed by atoms with van der Waals surface area (Å²) in [6.45, 7) is 5.10. The third kappa shape index (κ3) is 3.08. The number of hydrogen-bond acceptors (Lipinski definition) is 2. The van der Waals surface area contributed by atoms with Crippen molar-refractivity contribution < 1.29 is 0 Å². The molecule has 1 N–H and O–H groups in total. The van der Waals surface area contributed by atoms with E-state index in [9.17, 15) is 0 Å². The molecule has 108 valence electrons. The Morgan fingerprint density at radius 1 is 1.45 bits per heavy atom. The lowest BCUT2D eigenvalue weighted by Crippen LogP contribution is -2.22. The first-order valence-corrected chi connectivity index (χ1v) is 7.90. The average Bonchev–Trinajstić information content (AvgIpc) is 2.77. The summed E-state index contributed by atoms with van der Waals surface area (Å²) in [6, 6.07) is 6.40. The number of aryl methyl sites for hydroxylation is 2. The Morgan fingerprint density at radius 3 is 2.80 bits per heavy atom. The normalized spacial score (nSPS) is 12.7. The summed E-state index contributed by atoms with van der Waals surface area (Å²) in [7, 11) is 1.95. The maximum absolute atomic E-state index is 6.34. The fourth-order valence-corrected chi connectivity index (χ4v) is 2.85. The molecule has 0 radical (unpaired) electrons. The summed E-state index contributed by atoms with van der Waals surface area (Å²) in [5.41, 5.74) is 3.42. The van der Waals surface area contributed by atoms with Crippen LogP contribution in [0.15, 0.2) is 28.9 Å². The van der Waals surface area contributed by atoms with Crippen molar-refractivity contribution in [1.82, 2.24) is 15.1 Å². The summed E-state index contributed by atoms with van der Waals surface area (Å²) in [5.74, 6) is 0. The standard InChI is InChI=1S/C15H19BrClN3/c1-4-7-20-15(13(17)9-19-20)14(18-3)11-5-6-12(16)10(2)8-11/h5-6,8-9,14,18H,4,7H2,1-3H3. The van der Waals surface area contributed by atoms with Gasteiger partial charge in [-0.05, 0) is 37.6 Å². The van der Waals surface area contributed by atoms with E-state index in [1.807, 2.05) is 11.7 Å². The molecule has 20 heavy (non-hydrogen) atoms. The van der Waals surface area contributed by atoms with E-state index in [-0.39, 0.29) is 6.04 Å².